The summed E-state index contributed by atoms with van der Waals surface area (Å²) in [7, 11) is 3.50. The van der Waals surface area contributed by atoms with E-state index in [0.29, 0.717) is 19.6 Å². The fourth-order valence-electron chi connectivity index (χ4n) is 3.48. The minimum absolute atomic E-state index is 0.0464. The second kappa shape index (κ2) is 6.08. The fraction of sp³-hybridized carbons (Fsp3) is 0.529. The van der Waals surface area contributed by atoms with E-state index in [4.69, 9.17) is 4.74 Å². The highest BCUT2D eigenvalue weighted by Crippen LogP contribution is 2.34. The summed E-state index contributed by atoms with van der Waals surface area (Å²) in [6.07, 6.45) is 1.06. The van der Waals surface area contributed by atoms with Gasteiger partial charge in [0.2, 0.25) is 11.8 Å². The minimum atomic E-state index is -0.234. The summed E-state index contributed by atoms with van der Waals surface area (Å²) in [6, 6.07) is 9.78. The van der Waals surface area contributed by atoms with E-state index in [1.165, 1.54) is 0 Å². The van der Waals surface area contributed by atoms with Crippen molar-refractivity contribution < 1.29 is 14.3 Å². The van der Waals surface area contributed by atoms with Crippen LogP contribution in [-0.4, -0.2) is 61.0 Å². The van der Waals surface area contributed by atoms with Crippen LogP contribution in [0.15, 0.2) is 30.3 Å². The van der Waals surface area contributed by atoms with Crippen LogP contribution in [0.4, 0.5) is 0 Å². The van der Waals surface area contributed by atoms with Gasteiger partial charge >= 0.3 is 0 Å². The first-order valence-corrected chi connectivity index (χ1v) is 7.74. The first kappa shape index (κ1) is 15.0. The van der Waals surface area contributed by atoms with E-state index < -0.39 is 0 Å². The first-order valence-electron chi connectivity index (χ1n) is 7.74. The van der Waals surface area contributed by atoms with Gasteiger partial charge in [0, 0.05) is 27.2 Å². The van der Waals surface area contributed by atoms with Gasteiger partial charge in [-0.15, -0.1) is 0 Å². The SMILES string of the molecule is CN(C)C(=O)[C@H]1CN(C(=O)Cc2ccccc2)C2CCOC21. The van der Waals surface area contributed by atoms with Gasteiger partial charge in [0.1, 0.15) is 0 Å². The molecule has 2 saturated heterocycles. The average Bonchev–Trinajstić information content (AvgIpc) is 3.09. The van der Waals surface area contributed by atoms with Gasteiger partial charge in [-0.3, -0.25) is 9.59 Å². The molecule has 0 N–H and O–H groups in total. The van der Waals surface area contributed by atoms with Gasteiger partial charge in [0.15, 0.2) is 0 Å². The van der Waals surface area contributed by atoms with E-state index in [-0.39, 0.29) is 29.9 Å². The van der Waals surface area contributed by atoms with Crippen molar-refractivity contribution in [3.63, 3.8) is 0 Å². The lowest BCUT2D eigenvalue weighted by atomic mass is 10.0. The molecular formula is C17H22N2O3. The van der Waals surface area contributed by atoms with Crippen molar-refractivity contribution in [2.45, 2.75) is 25.0 Å². The Hall–Kier alpha value is -1.88. The molecule has 3 atom stereocenters. The molecule has 2 amide bonds. The van der Waals surface area contributed by atoms with Gasteiger partial charge in [0.25, 0.3) is 0 Å². The van der Waals surface area contributed by atoms with Crippen LogP contribution in [0.25, 0.3) is 0 Å². The van der Waals surface area contributed by atoms with Crippen LogP contribution >= 0.6 is 0 Å². The van der Waals surface area contributed by atoms with Crippen molar-refractivity contribution >= 4 is 11.8 Å². The Morgan fingerprint density at radius 2 is 2.00 bits per heavy atom. The third-order valence-corrected chi connectivity index (χ3v) is 4.57. The number of rotatable bonds is 3. The lowest BCUT2D eigenvalue weighted by Crippen LogP contribution is -2.38. The molecule has 3 rings (SSSR count). The summed E-state index contributed by atoms with van der Waals surface area (Å²) in [5, 5.41) is 0. The predicted molar refractivity (Wildman–Crippen MR) is 82.2 cm³/mol. The van der Waals surface area contributed by atoms with Gasteiger partial charge in [0.05, 0.1) is 24.5 Å². The summed E-state index contributed by atoms with van der Waals surface area (Å²) in [4.78, 5) is 28.4. The molecule has 0 spiro atoms. The van der Waals surface area contributed by atoms with Crippen LogP contribution in [0, 0.1) is 5.92 Å². The van der Waals surface area contributed by atoms with Crippen molar-refractivity contribution in [2.24, 2.45) is 5.92 Å². The molecule has 0 radical (unpaired) electrons. The number of nitrogens with zero attached hydrogens (tertiary/aromatic N) is 2. The van der Waals surface area contributed by atoms with E-state index in [0.717, 1.165) is 12.0 Å². The smallest absolute Gasteiger partial charge is 0.229 e. The number of fused-ring (bicyclic) bond motifs is 1. The van der Waals surface area contributed by atoms with E-state index in [1.807, 2.05) is 35.2 Å². The van der Waals surface area contributed by atoms with Crippen molar-refractivity contribution in [1.82, 2.24) is 9.80 Å². The number of hydrogen-bond donors (Lipinski definition) is 0. The second-order valence-corrected chi connectivity index (χ2v) is 6.24. The van der Waals surface area contributed by atoms with Gasteiger partial charge < -0.3 is 14.5 Å². The summed E-state index contributed by atoms with van der Waals surface area (Å²) in [5.41, 5.74) is 1.00. The molecule has 118 valence electrons. The Morgan fingerprint density at radius 1 is 1.27 bits per heavy atom. The number of amides is 2. The highest BCUT2D eigenvalue weighted by molar-refractivity contribution is 5.84. The number of carbonyl (C=O) groups excluding carboxylic acids is 2. The van der Waals surface area contributed by atoms with Crippen LogP contribution in [0.2, 0.25) is 0 Å². The molecular weight excluding hydrogens is 280 g/mol. The third kappa shape index (κ3) is 2.73. The van der Waals surface area contributed by atoms with E-state index in [1.54, 1.807) is 19.0 Å². The molecule has 2 aliphatic rings. The molecule has 2 unspecified atom stereocenters. The summed E-state index contributed by atoms with van der Waals surface area (Å²) < 4.78 is 5.75. The molecule has 0 aromatic heterocycles. The zero-order chi connectivity index (χ0) is 15.7. The van der Waals surface area contributed by atoms with Crippen LogP contribution in [-0.2, 0) is 20.7 Å². The maximum Gasteiger partial charge on any atom is 0.229 e. The predicted octanol–water partition coefficient (Wildman–Crippen LogP) is 0.933. The Bertz CT molecular complexity index is 558. The van der Waals surface area contributed by atoms with E-state index >= 15 is 0 Å². The Morgan fingerprint density at radius 3 is 2.68 bits per heavy atom. The van der Waals surface area contributed by atoms with Gasteiger partial charge in [-0.2, -0.15) is 0 Å². The van der Waals surface area contributed by atoms with Crippen LogP contribution in [0.1, 0.15) is 12.0 Å². The van der Waals surface area contributed by atoms with Gasteiger partial charge in [-0.25, -0.2) is 0 Å². The number of carbonyl (C=O) groups is 2. The zero-order valence-electron chi connectivity index (χ0n) is 13.1. The van der Waals surface area contributed by atoms with Crippen LogP contribution in [0.3, 0.4) is 0 Å². The van der Waals surface area contributed by atoms with Crippen molar-refractivity contribution in [1.29, 1.82) is 0 Å². The summed E-state index contributed by atoms with van der Waals surface area (Å²) in [5.74, 6) is -0.102. The molecule has 2 heterocycles. The summed E-state index contributed by atoms with van der Waals surface area (Å²) >= 11 is 0. The Labute approximate surface area is 130 Å². The maximum absolute atomic E-state index is 12.6. The van der Waals surface area contributed by atoms with Crippen molar-refractivity contribution in [3.05, 3.63) is 35.9 Å². The van der Waals surface area contributed by atoms with Gasteiger partial charge in [-0.1, -0.05) is 30.3 Å². The highest BCUT2D eigenvalue weighted by Gasteiger charge is 2.50. The van der Waals surface area contributed by atoms with Crippen molar-refractivity contribution in [3.8, 4) is 0 Å². The Balaban J connectivity index is 1.74. The summed E-state index contributed by atoms with van der Waals surface area (Å²) in [6.45, 7) is 1.10. The van der Waals surface area contributed by atoms with Crippen LogP contribution < -0.4 is 0 Å². The monoisotopic (exact) mass is 302 g/mol. The largest absolute Gasteiger partial charge is 0.375 e. The number of benzene rings is 1. The number of ether oxygens (including phenoxy) is 1. The zero-order valence-corrected chi connectivity index (χ0v) is 13.1. The average molecular weight is 302 g/mol. The molecule has 0 saturated carbocycles. The Kier molecular flexibility index (Phi) is 4.16. The number of hydrogen-bond acceptors (Lipinski definition) is 3. The highest BCUT2D eigenvalue weighted by atomic mass is 16.5. The van der Waals surface area contributed by atoms with Gasteiger partial charge in [-0.05, 0) is 12.0 Å². The lowest BCUT2D eigenvalue weighted by molar-refractivity contribution is -0.135. The molecule has 2 fully saturated rings. The number of likely N-dealkylation sites (tertiary alicyclic amines) is 1. The molecule has 0 bridgehead atoms. The van der Waals surface area contributed by atoms with Crippen molar-refractivity contribution in [2.75, 3.05) is 27.2 Å². The fourth-order valence-corrected chi connectivity index (χ4v) is 3.48. The standard InChI is InChI=1S/C17H22N2O3/c1-18(2)17(21)13-11-19(14-8-9-22-16(13)14)15(20)10-12-6-4-3-5-7-12/h3-7,13-14,16H,8-11H2,1-2H3/t13-,14?,16?/m0/s1. The quantitative estimate of drug-likeness (QED) is 0.835. The molecule has 5 nitrogen and oxygen atoms in total. The molecule has 2 aliphatic heterocycles. The van der Waals surface area contributed by atoms with Crippen LogP contribution in [0.5, 0.6) is 0 Å². The molecule has 1 aromatic carbocycles. The third-order valence-electron chi connectivity index (χ3n) is 4.57. The lowest BCUT2D eigenvalue weighted by Gasteiger charge is -2.22. The topological polar surface area (TPSA) is 49.9 Å². The van der Waals surface area contributed by atoms with E-state index in [9.17, 15) is 9.59 Å². The molecule has 0 aliphatic carbocycles. The maximum atomic E-state index is 12.6. The van der Waals surface area contributed by atoms with E-state index in [2.05, 4.69) is 0 Å². The molecule has 22 heavy (non-hydrogen) atoms. The normalized spacial score (nSPS) is 26.8. The first-order chi connectivity index (χ1) is 10.6. The molecule has 1 aromatic rings. The second-order valence-electron chi connectivity index (χ2n) is 6.24. The minimum Gasteiger partial charge on any atom is -0.375 e. The molecule has 5 heteroatoms.